The van der Waals surface area contributed by atoms with Crippen LogP contribution in [0.2, 0.25) is 0 Å². The summed E-state index contributed by atoms with van der Waals surface area (Å²) in [6, 6.07) is 0. The summed E-state index contributed by atoms with van der Waals surface area (Å²) < 4.78 is 1.06. The van der Waals surface area contributed by atoms with Gasteiger partial charge in [0.2, 0.25) is 0 Å². The number of hydrogen-bond acceptors (Lipinski definition) is 0. The molecule has 11 heavy (non-hydrogen) atoms. The number of rotatable bonds is 3. The molecule has 0 radical (unpaired) electrons. The molecule has 0 aliphatic carbocycles. The first kappa shape index (κ1) is 11.4. The monoisotopic (exact) mass is 176 g/mol. The topological polar surface area (TPSA) is 0 Å². The molecule has 0 N–H and O–H groups in total. The van der Waals surface area contributed by atoms with Gasteiger partial charge in [-0.3, -0.25) is 0 Å². The van der Waals surface area contributed by atoms with Gasteiger partial charge in [-0.15, -0.1) is 7.92 Å². The third kappa shape index (κ3) is 3.53. The minimum Gasteiger partial charge on any atom is -0.326 e. The molecule has 0 aliphatic heterocycles. The van der Waals surface area contributed by atoms with Crippen LogP contribution >= 0.6 is 7.92 Å². The second kappa shape index (κ2) is 3.41. The van der Waals surface area contributed by atoms with Gasteiger partial charge in [0.15, 0.2) is 0 Å². The predicted octanol–water partition coefficient (Wildman–Crippen LogP) is 2.21. The molecular formula is C9H23NP+. The largest absolute Gasteiger partial charge is 0.326 e. The van der Waals surface area contributed by atoms with Crippen molar-refractivity contribution in [3.8, 4) is 0 Å². The fourth-order valence-corrected chi connectivity index (χ4v) is 2.96. The average molecular weight is 176 g/mol. The summed E-state index contributed by atoms with van der Waals surface area (Å²) in [6.07, 6.45) is 1.35. The van der Waals surface area contributed by atoms with Crippen molar-refractivity contribution >= 4 is 7.92 Å². The molecule has 0 saturated heterocycles. The van der Waals surface area contributed by atoms with Crippen molar-refractivity contribution in [2.24, 2.45) is 0 Å². The SMILES string of the molecule is CP(C)CC(C)(C)[N+](C)(C)C. The molecule has 0 unspecified atom stereocenters. The first-order valence-corrected chi connectivity index (χ1v) is 6.55. The van der Waals surface area contributed by atoms with Gasteiger partial charge in [0.1, 0.15) is 0 Å². The first-order valence-electron chi connectivity index (χ1n) is 4.13. The maximum absolute atomic E-state index is 2.36. The molecular weight excluding hydrogens is 153 g/mol. The van der Waals surface area contributed by atoms with E-state index in [0.29, 0.717) is 5.54 Å². The maximum Gasteiger partial charge on any atom is 0.0968 e. The summed E-state index contributed by atoms with van der Waals surface area (Å²) >= 11 is 0. The van der Waals surface area contributed by atoms with Crippen LogP contribution in [0.4, 0.5) is 0 Å². The van der Waals surface area contributed by atoms with E-state index in [-0.39, 0.29) is 7.92 Å². The smallest absolute Gasteiger partial charge is 0.0968 e. The van der Waals surface area contributed by atoms with Gasteiger partial charge in [0, 0.05) is 6.16 Å². The average Bonchev–Trinajstić information content (AvgIpc) is 1.56. The Balaban J connectivity index is 4.22. The molecule has 0 aromatic carbocycles. The van der Waals surface area contributed by atoms with Crippen molar-refractivity contribution in [2.45, 2.75) is 19.4 Å². The second-order valence-electron chi connectivity index (χ2n) is 5.06. The minimum absolute atomic E-state index is 0.232. The molecule has 0 spiro atoms. The third-order valence-corrected chi connectivity index (χ3v) is 3.93. The molecule has 0 atom stereocenters. The molecule has 0 heterocycles. The Morgan fingerprint density at radius 3 is 1.55 bits per heavy atom. The van der Waals surface area contributed by atoms with Crippen molar-refractivity contribution in [2.75, 3.05) is 40.6 Å². The Bertz CT molecular complexity index is 122. The fraction of sp³-hybridized carbons (Fsp3) is 1.00. The van der Waals surface area contributed by atoms with Gasteiger partial charge in [-0.05, 0) is 27.2 Å². The van der Waals surface area contributed by atoms with Crippen LogP contribution in [-0.4, -0.2) is 50.7 Å². The Morgan fingerprint density at radius 2 is 1.45 bits per heavy atom. The van der Waals surface area contributed by atoms with Crippen LogP contribution < -0.4 is 0 Å². The lowest BCUT2D eigenvalue weighted by Crippen LogP contribution is -2.54. The lowest BCUT2D eigenvalue weighted by molar-refractivity contribution is -0.916. The number of nitrogens with zero attached hydrogens (tertiary/aromatic N) is 1. The standard InChI is InChI=1S/C9H23NP/c1-9(2,8-11(6)7)10(3,4)5/h8H2,1-7H3/q+1. The van der Waals surface area contributed by atoms with E-state index in [0.717, 1.165) is 4.48 Å². The highest BCUT2D eigenvalue weighted by Gasteiger charge is 2.32. The molecule has 1 nitrogen and oxygen atoms in total. The zero-order chi connectivity index (χ0) is 9.28. The van der Waals surface area contributed by atoms with Gasteiger partial charge >= 0.3 is 0 Å². The quantitative estimate of drug-likeness (QED) is 0.457. The summed E-state index contributed by atoms with van der Waals surface area (Å²) in [7, 11) is 7.06. The summed E-state index contributed by atoms with van der Waals surface area (Å²) in [6.45, 7) is 9.42. The maximum atomic E-state index is 2.36. The molecule has 0 aromatic rings. The van der Waals surface area contributed by atoms with Crippen LogP contribution in [0.15, 0.2) is 0 Å². The van der Waals surface area contributed by atoms with Crippen molar-refractivity contribution < 1.29 is 4.48 Å². The van der Waals surface area contributed by atoms with Gasteiger partial charge in [-0.1, -0.05) is 0 Å². The van der Waals surface area contributed by atoms with E-state index in [2.05, 4.69) is 48.3 Å². The van der Waals surface area contributed by atoms with Gasteiger partial charge < -0.3 is 4.48 Å². The van der Waals surface area contributed by atoms with Crippen molar-refractivity contribution in [3.63, 3.8) is 0 Å². The number of hydrogen-bond donors (Lipinski definition) is 0. The van der Waals surface area contributed by atoms with E-state index >= 15 is 0 Å². The van der Waals surface area contributed by atoms with Crippen molar-refractivity contribution in [3.05, 3.63) is 0 Å². The lowest BCUT2D eigenvalue weighted by atomic mass is 10.1. The highest BCUT2D eigenvalue weighted by atomic mass is 31.1. The molecule has 0 bridgehead atoms. The van der Waals surface area contributed by atoms with E-state index < -0.39 is 0 Å². The van der Waals surface area contributed by atoms with Crippen LogP contribution in [0.1, 0.15) is 13.8 Å². The third-order valence-electron chi connectivity index (χ3n) is 2.52. The molecule has 0 aromatic heterocycles. The highest BCUT2D eigenvalue weighted by molar-refractivity contribution is 7.56. The van der Waals surface area contributed by atoms with E-state index in [1.165, 1.54) is 6.16 Å². The number of quaternary nitrogens is 1. The van der Waals surface area contributed by atoms with Crippen LogP contribution in [-0.2, 0) is 0 Å². The zero-order valence-electron chi connectivity index (χ0n) is 9.10. The molecule has 2 heteroatoms. The van der Waals surface area contributed by atoms with E-state index in [4.69, 9.17) is 0 Å². The molecule has 0 saturated carbocycles. The van der Waals surface area contributed by atoms with E-state index in [1.54, 1.807) is 0 Å². The summed E-state index contributed by atoms with van der Waals surface area (Å²) in [5.41, 5.74) is 0.426. The van der Waals surface area contributed by atoms with Crippen LogP contribution in [0.25, 0.3) is 0 Å². The highest BCUT2D eigenvalue weighted by Crippen LogP contribution is 2.33. The van der Waals surface area contributed by atoms with E-state index in [1.807, 2.05) is 0 Å². The van der Waals surface area contributed by atoms with Crippen LogP contribution in [0.3, 0.4) is 0 Å². The molecule has 68 valence electrons. The Kier molecular flexibility index (Phi) is 3.53. The van der Waals surface area contributed by atoms with Gasteiger partial charge in [-0.25, -0.2) is 0 Å². The molecule has 0 amide bonds. The Morgan fingerprint density at radius 1 is 1.09 bits per heavy atom. The second-order valence-corrected chi connectivity index (χ2v) is 7.54. The summed E-state index contributed by atoms with van der Waals surface area (Å²) in [4.78, 5) is 0. The Hall–Kier alpha value is 0.390. The fourth-order valence-electron chi connectivity index (χ4n) is 0.986. The zero-order valence-corrected chi connectivity index (χ0v) is 10.00. The van der Waals surface area contributed by atoms with Gasteiger partial charge in [-0.2, -0.15) is 0 Å². The molecule has 0 fully saturated rings. The molecule has 0 aliphatic rings. The Labute approximate surface area is 73.1 Å². The normalized spacial score (nSPS) is 14.2. The molecule has 0 rings (SSSR count). The predicted molar refractivity (Wildman–Crippen MR) is 55.7 cm³/mol. The van der Waals surface area contributed by atoms with Crippen LogP contribution in [0, 0.1) is 0 Å². The summed E-state index contributed by atoms with van der Waals surface area (Å²) in [5.74, 6) is 0. The van der Waals surface area contributed by atoms with Crippen LogP contribution in [0.5, 0.6) is 0 Å². The first-order chi connectivity index (χ1) is 4.67. The van der Waals surface area contributed by atoms with Crippen molar-refractivity contribution in [1.29, 1.82) is 0 Å². The summed E-state index contributed by atoms with van der Waals surface area (Å²) in [5, 5.41) is 0. The van der Waals surface area contributed by atoms with Gasteiger partial charge in [0.25, 0.3) is 0 Å². The van der Waals surface area contributed by atoms with Crippen molar-refractivity contribution in [1.82, 2.24) is 0 Å². The minimum atomic E-state index is 0.232. The lowest BCUT2D eigenvalue weighted by Gasteiger charge is -2.42. The van der Waals surface area contributed by atoms with E-state index in [9.17, 15) is 0 Å². The van der Waals surface area contributed by atoms with Gasteiger partial charge in [0.05, 0.1) is 26.7 Å².